The van der Waals surface area contributed by atoms with Gasteiger partial charge in [0.15, 0.2) is 5.11 Å². The third-order valence-electron chi connectivity index (χ3n) is 3.73. The van der Waals surface area contributed by atoms with Crippen LogP contribution in [0, 0.1) is 0 Å². The van der Waals surface area contributed by atoms with Crippen LogP contribution >= 0.6 is 28.1 Å². The average Bonchev–Trinajstić information content (AvgIpc) is 2.62. The number of thiocarbonyl (C=S) groups is 1. The predicted molar refractivity (Wildman–Crippen MR) is 112 cm³/mol. The summed E-state index contributed by atoms with van der Waals surface area (Å²) < 4.78 is 0.812. The van der Waals surface area contributed by atoms with Crippen molar-refractivity contribution in [2.75, 3.05) is 18.4 Å². The van der Waals surface area contributed by atoms with Gasteiger partial charge in [-0.25, -0.2) is 0 Å². The van der Waals surface area contributed by atoms with Gasteiger partial charge in [-0.15, -0.1) is 0 Å². The predicted octanol–water partition coefficient (Wildman–Crippen LogP) is 4.06. The lowest BCUT2D eigenvalue weighted by Crippen LogP contribution is -2.34. The Bertz CT molecular complexity index is 822. The van der Waals surface area contributed by atoms with E-state index >= 15 is 0 Å². The summed E-state index contributed by atoms with van der Waals surface area (Å²) in [6, 6.07) is 14.1. The fourth-order valence-electron chi connectivity index (χ4n) is 2.39. The molecule has 2 aromatic rings. The zero-order valence-electron chi connectivity index (χ0n) is 14.6. The molecule has 7 heteroatoms. The summed E-state index contributed by atoms with van der Waals surface area (Å²) in [4.78, 5) is 26.4. The second kappa shape index (κ2) is 9.45. The average molecular weight is 434 g/mol. The van der Waals surface area contributed by atoms with Crippen molar-refractivity contribution in [3.63, 3.8) is 0 Å². The van der Waals surface area contributed by atoms with Crippen molar-refractivity contribution in [3.8, 4) is 0 Å². The van der Waals surface area contributed by atoms with Crippen LogP contribution in [0.1, 0.15) is 34.6 Å². The van der Waals surface area contributed by atoms with Gasteiger partial charge >= 0.3 is 0 Å². The molecule has 0 radical (unpaired) electrons. The van der Waals surface area contributed by atoms with Gasteiger partial charge in [-0.05, 0) is 62.5 Å². The van der Waals surface area contributed by atoms with Crippen LogP contribution in [-0.2, 0) is 0 Å². The SMILES string of the molecule is CCN(CC)C(=O)c1cccc(NC(=S)NC(=O)c2cccc(Br)c2)c1. The molecule has 0 aromatic heterocycles. The fraction of sp³-hybridized carbons (Fsp3) is 0.211. The maximum Gasteiger partial charge on any atom is 0.257 e. The summed E-state index contributed by atoms with van der Waals surface area (Å²) in [6.07, 6.45) is 0. The van der Waals surface area contributed by atoms with Crippen molar-refractivity contribution in [2.45, 2.75) is 13.8 Å². The van der Waals surface area contributed by atoms with E-state index in [2.05, 4.69) is 26.6 Å². The van der Waals surface area contributed by atoms with Crippen LogP contribution in [0.3, 0.4) is 0 Å². The van der Waals surface area contributed by atoms with Crippen molar-refractivity contribution >= 4 is 50.8 Å². The second-order valence-corrected chi connectivity index (χ2v) is 6.80. The van der Waals surface area contributed by atoms with E-state index in [0.717, 1.165) is 4.47 Å². The Morgan fingerprint density at radius 2 is 1.69 bits per heavy atom. The summed E-state index contributed by atoms with van der Waals surface area (Å²) in [5, 5.41) is 5.74. The highest BCUT2D eigenvalue weighted by atomic mass is 79.9. The lowest BCUT2D eigenvalue weighted by molar-refractivity contribution is 0.0772. The number of rotatable bonds is 5. The van der Waals surface area contributed by atoms with Gasteiger partial charge in [0, 0.05) is 34.4 Å². The number of nitrogens with one attached hydrogen (secondary N) is 2. The van der Waals surface area contributed by atoms with Crippen molar-refractivity contribution in [1.29, 1.82) is 0 Å². The van der Waals surface area contributed by atoms with Crippen molar-refractivity contribution in [3.05, 3.63) is 64.1 Å². The van der Waals surface area contributed by atoms with Gasteiger partial charge in [0.2, 0.25) is 0 Å². The van der Waals surface area contributed by atoms with Gasteiger partial charge in [0.1, 0.15) is 0 Å². The number of anilines is 1. The largest absolute Gasteiger partial charge is 0.339 e. The molecule has 2 rings (SSSR count). The molecule has 2 aromatic carbocycles. The molecule has 0 aliphatic carbocycles. The first-order chi connectivity index (χ1) is 12.4. The van der Waals surface area contributed by atoms with Gasteiger partial charge in [-0.2, -0.15) is 0 Å². The Balaban J connectivity index is 2.04. The maximum absolute atomic E-state index is 12.4. The van der Waals surface area contributed by atoms with Gasteiger partial charge in [-0.1, -0.05) is 28.1 Å². The van der Waals surface area contributed by atoms with E-state index in [1.54, 1.807) is 47.4 Å². The van der Waals surface area contributed by atoms with Crippen LogP contribution < -0.4 is 10.6 Å². The molecule has 2 N–H and O–H groups in total. The van der Waals surface area contributed by atoms with Crippen LogP contribution in [0.2, 0.25) is 0 Å². The number of hydrogen-bond acceptors (Lipinski definition) is 3. The molecule has 2 amide bonds. The highest BCUT2D eigenvalue weighted by Crippen LogP contribution is 2.14. The monoisotopic (exact) mass is 433 g/mol. The van der Waals surface area contributed by atoms with Crippen LogP contribution in [0.15, 0.2) is 53.0 Å². The smallest absolute Gasteiger partial charge is 0.257 e. The number of carbonyl (C=O) groups excluding carboxylic acids is 2. The lowest BCUT2D eigenvalue weighted by atomic mass is 10.1. The molecule has 0 saturated carbocycles. The first-order valence-electron chi connectivity index (χ1n) is 8.21. The molecule has 0 saturated heterocycles. The van der Waals surface area contributed by atoms with Gasteiger partial charge < -0.3 is 10.2 Å². The molecule has 0 aliphatic rings. The van der Waals surface area contributed by atoms with E-state index in [1.807, 2.05) is 19.9 Å². The molecule has 0 spiro atoms. The zero-order valence-corrected chi connectivity index (χ0v) is 17.0. The van der Waals surface area contributed by atoms with Crippen molar-refractivity contribution in [2.24, 2.45) is 0 Å². The topological polar surface area (TPSA) is 61.4 Å². The first kappa shape index (κ1) is 20.1. The molecular formula is C19H20BrN3O2S. The van der Waals surface area contributed by atoms with Crippen molar-refractivity contribution < 1.29 is 9.59 Å². The number of halogens is 1. The first-order valence-corrected chi connectivity index (χ1v) is 9.42. The zero-order chi connectivity index (χ0) is 19.1. The minimum absolute atomic E-state index is 0.0391. The van der Waals surface area contributed by atoms with Gasteiger partial charge in [0.25, 0.3) is 11.8 Å². The highest BCUT2D eigenvalue weighted by Gasteiger charge is 2.13. The normalized spacial score (nSPS) is 10.1. The number of amides is 2. The third kappa shape index (κ3) is 5.37. The number of carbonyl (C=O) groups is 2. The maximum atomic E-state index is 12.4. The molecule has 136 valence electrons. The molecule has 0 heterocycles. The quantitative estimate of drug-likeness (QED) is 0.697. The summed E-state index contributed by atoms with van der Waals surface area (Å²) in [7, 11) is 0. The molecule has 0 fully saturated rings. The lowest BCUT2D eigenvalue weighted by Gasteiger charge is -2.19. The van der Waals surface area contributed by atoms with Crippen LogP contribution in [0.5, 0.6) is 0 Å². The van der Waals surface area contributed by atoms with Crippen LogP contribution in [0.25, 0.3) is 0 Å². The number of benzene rings is 2. The minimum atomic E-state index is -0.306. The van der Waals surface area contributed by atoms with E-state index < -0.39 is 0 Å². The molecule has 0 atom stereocenters. The minimum Gasteiger partial charge on any atom is -0.339 e. The summed E-state index contributed by atoms with van der Waals surface area (Å²) in [5.74, 6) is -0.345. The van der Waals surface area contributed by atoms with E-state index in [4.69, 9.17) is 12.2 Å². The standard InChI is InChI=1S/C19H20BrN3O2S/c1-3-23(4-2)18(25)14-8-6-10-16(12-14)21-19(26)22-17(24)13-7-5-9-15(20)11-13/h5-12H,3-4H2,1-2H3,(H2,21,22,24,26). The molecule has 26 heavy (non-hydrogen) atoms. The van der Waals surface area contributed by atoms with Crippen LogP contribution in [-0.4, -0.2) is 34.9 Å². The number of nitrogens with zero attached hydrogens (tertiary/aromatic N) is 1. The van der Waals surface area contributed by atoms with Crippen molar-refractivity contribution in [1.82, 2.24) is 10.2 Å². The van der Waals surface area contributed by atoms with Crippen LogP contribution in [0.4, 0.5) is 5.69 Å². The Hall–Kier alpha value is -2.25. The van der Waals surface area contributed by atoms with E-state index in [9.17, 15) is 9.59 Å². The Labute approximate surface area is 166 Å². The summed E-state index contributed by atoms with van der Waals surface area (Å²) >= 11 is 8.53. The number of hydrogen-bond donors (Lipinski definition) is 2. The summed E-state index contributed by atoms with van der Waals surface area (Å²) in [6.45, 7) is 5.17. The van der Waals surface area contributed by atoms with Gasteiger partial charge in [0.05, 0.1) is 0 Å². The van der Waals surface area contributed by atoms with E-state index in [1.165, 1.54) is 0 Å². The van der Waals surface area contributed by atoms with E-state index in [-0.39, 0.29) is 16.9 Å². The second-order valence-electron chi connectivity index (χ2n) is 5.48. The third-order valence-corrected chi connectivity index (χ3v) is 4.43. The molecule has 0 unspecified atom stereocenters. The Morgan fingerprint density at radius 3 is 2.35 bits per heavy atom. The Kier molecular flexibility index (Phi) is 7.29. The molecule has 0 bridgehead atoms. The van der Waals surface area contributed by atoms with E-state index in [0.29, 0.717) is 29.9 Å². The Morgan fingerprint density at radius 1 is 1.04 bits per heavy atom. The highest BCUT2D eigenvalue weighted by molar-refractivity contribution is 9.10. The molecular weight excluding hydrogens is 414 g/mol. The van der Waals surface area contributed by atoms with Gasteiger partial charge in [-0.3, -0.25) is 14.9 Å². The summed E-state index contributed by atoms with van der Waals surface area (Å²) in [5.41, 5.74) is 1.70. The molecule has 5 nitrogen and oxygen atoms in total. The fourth-order valence-corrected chi connectivity index (χ4v) is 3.00. The molecule has 0 aliphatic heterocycles.